The summed E-state index contributed by atoms with van der Waals surface area (Å²) in [4.78, 5) is 30.7. The second-order valence-electron chi connectivity index (χ2n) is 9.12. The predicted octanol–water partition coefficient (Wildman–Crippen LogP) is 2.73. The van der Waals surface area contributed by atoms with Crippen LogP contribution >= 0.6 is 0 Å². The zero-order valence-corrected chi connectivity index (χ0v) is 20.9. The van der Waals surface area contributed by atoms with Crippen LogP contribution in [0.25, 0.3) is 10.9 Å². The lowest BCUT2D eigenvalue weighted by Crippen LogP contribution is -2.43. The van der Waals surface area contributed by atoms with Gasteiger partial charge in [-0.25, -0.2) is 9.48 Å². The number of aromatic amines is 1. The molecule has 0 spiro atoms. The average Bonchev–Trinajstić information content (AvgIpc) is 3.67. The van der Waals surface area contributed by atoms with Crippen molar-refractivity contribution in [2.24, 2.45) is 0 Å². The standard InChI is InChI=1S/C27H30N6O4/c1-36-25-10-6-3-7-19(25)15-32-16-20(33-17-23(30-31-33)27(35)37-2)13-24(32)26(34)28-12-11-18-14-29-22-9-5-4-8-21(18)22/h3-10,14,17,20,24,29H,11-13,15-16H2,1-2H3,(H,28,34)/t20-,24-/m0/s1. The summed E-state index contributed by atoms with van der Waals surface area (Å²) >= 11 is 0. The molecule has 37 heavy (non-hydrogen) atoms. The van der Waals surface area contributed by atoms with E-state index in [2.05, 4.69) is 31.6 Å². The largest absolute Gasteiger partial charge is 0.496 e. The molecule has 2 aromatic heterocycles. The highest BCUT2D eigenvalue weighted by Gasteiger charge is 2.38. The van der Waals surface area contributed by atoms with E-state index < -0.39 is 5.97 Å². The van der Waals surface area contributed by atoms with Crippen molar-refractivity contribution in [3.8, 4) is 5.75 Å². The van der Waals surface area contributed by atoms with Crippen LogP contribution in [0.15, 0.2) is 60.9 Å². The number of ether oxygens (including phenoxy) is 2. The van der Waals surface area contributed by atoms with Gasteiger partial charge in [0, 0.05) is 42.3 Å². The Labute approximate surface area is 214 Å². The minimum atomic E-state index is -0.540. The normalized spacial score (nSPS) is 17.7. The lowest BCUT2D eigenvalue weighted by Gasteiger charge is -2.24. The van der Waals surface area contributed by atoms with E-state index in [0.29, 0.717) is 26.1 Å². The van der Waals surface area contributed by atoms with Crippen LogP contribution < -0.4 is 10.1 Å². The zero-order valence-electron chi connectivity index (χ0n) is 20.9. The average molecular weight is 503 g/mol. The molecule has 10 heteroatoms. The van der Waals surface area contributed by atoms with E-state index in [1.807, 2.05) is 48.7 Å². The first-order valence-corrected chi connectivity index (χ1v) is 12.3. The number of likely N-dealkylation sites (tertiary alicyclic amines) is 1. The molecule has 0 saturated carbocycles. The Morgan fingerprint density at radius 3 is 2.76 bits per heavy atom. The van der Waals surface area contributed by atoms with Crippen LogP contribution in [-0.2, 0) is 22.5 Å². The van der Waals surface area contributed by atoms with E-state index in [0.717, 1.165) is 23.3 Å². The summed E-state index contributed by atoms with van der Waals surface area (Å²) in [7, 11) is 2.95. The third kappa shape index (κ3) is 5.19. The lowest BCUT2D eigenvalue weighted by molar-refractivity contribution is -0.125. The van der Waals surface area contributed by atoms with E-state index in [9.17, 15) is 9.59 Å². The van der Waals surface area contributed by atoms with Gasteiger partial charge in [-0.05, 0) is 30.5 Å². The van der Waals surface area contributed by atoms with Crippen LogP contribution in [0.1, 0.15) is 34.1 Å². The number of amides is 1. The van der Waals surface area contributed by atoms with Crippen molar-refractivity contribution < 1.29 is 19.1 Å². The first-order chi connectivity index (χ1) is 18.1. The number of aromatic nitrogens is 4. The van der Waals surface area contributed by atoms with Gasteiger partial charge in [-0.15, -0.1) is 5.10 Å². The Bertz CT molecular complexity index is 1400. The predicted molar refractivity (Wildman–Crippen MR) is 137 cm³/mol. The number of H-pyrrole nitrogens is 1. The molecule has 2 aromatic carbocycles. The second kappa shape index (κ2) is 10.8. The van der Waals surface area contributed by atoms with Crippen molar-refractivity contribution in [3.05, 3.63) is 77.7 Å². The number of hydrogen-bond acceptors (Lipinski definition) is 7. The molecule has 10 nitrogen and oxygen atoms in total. The minimum Gasteiger partial charge on any atom is -0.496 e. The summed E-state index contributed by atoms with van der Waals surface area (Å²) in [5, 5.41) is 12.4. The van der Waals surface area contributed by atoms with Gasteiger partial charge in [0.05, 0.1) is 32.5 Å². The summed E-state index contributed by atoms with van der Waals surface area (Å²) in [6.45, 7) is 1.64. The molecule has 1 aliphatic heterocycles. The monoisotopic (exact) mass is 502 g/mol. The van der Waals surface area contributed by atoms with Crippen LogP contribution in [0.3, 0.4) is 0 Å². The SMILES string of the molecule is COC(=O)c1cn([C@H]2C[C@@H](C(=O)NCCc3c[nH]c4ccccc34)N(Cc3ccccc3OC)C2)nn1. The minimum absolute atomic E-state index is 0.0365. The Kier molecular flexibility index (Phi) is 7.18. The molecule has 0 aliphatic carbocycles. The van der Waals surface area contributed by atoms with Crippen LogP contribution in [-0.4, -0.2) is 70.1 Å². The number of nitrogens with zero attached hydrogens (tertiary/aromatic N) is 4. The summed E-state index contributed by atoms with van der Waals surface area (Å²) in [5.74, 6) is 0.199. The molecule has 0 unspecified atom stereocenters. The third-order valence-corrected chi connectivity index (χ3v) is 6.90. The van der Waals surface area contributed by atoms with Gasteiger partial charge < -0.3 is 19.8 Å². The van der Waals surface area contributed by atoms with Crippen molar-refractivity contribution in [1.82, 2.24) is 30.2 Å². The van der Waals surface area contributed by atoms with E-state index in [-0.39, 0.29) is 23.7 Å². The molecular formula is C27H30N6O4. The van der Waals surface area contributed by atoms with Gasteiger partial charge in [0.15, 0.2) is 5.69 Å². The molecule has 2 N–H and O–H groups in total. The van der Waals surface area contributed by atoms with Crippen LogP contribution in [0.2, 0.25) is 0 Å². The maximum absolute atomic E-state index is 13.4. The molecule has 0 radical (unpaired) electrons. The number of methoxy groups -OCH3 is 2. The molecule has 4 aromatic rings. The topological polar surface area (TPSA) is 114 Å². The van der Waals surface area contributed by atoms with Gasteiger partial charge in [-0.1, -0.05) is 41.6 Å². The van der Waals surface area contributed by atoms with Crippen LogP contribution in [0, 0.1) is 0 Å². The van der Waals surface area contributed by atoms with E-state index >= 15 is 0 Å². The smallest absolute Gasteiger partial charge is 0.360 e. The maximum atomic E-state index is 13.4. The summed E-state index contributed by atoms with van der Waals surface area (Å²) in [5.41, 5.74) is 3.40. The van der Waals surface area contributed by atoms with Gasteiger partial charge in [0.2, 0.25) is 5.91 Å². The van der Waals surface area contributed by atoms with Crippen LogP contribution in [0.5, 0.6) is 5.75 Å². The third-order valence-electron chi connectivity index (χ3n) is 6.90. The number of carbonyl (C=O) groups is 2. The second-order valence-corrected chi connectivity index (χ2v) is 9.12. The number of benzene rings is 2. The van der Waals surface area contributed by atoms with E-state index in [1.54, 1.807) is 18.0 Å². The summed E-state index contributed by atoms with van der Waals surface area (Å²) in [6.07, 6.45) is 4.84. The molecule has 1 fully saturated rings. The fraction of sp³-hybridized carbons (Fsp3) is 0.333. The molecule has 1 amide bonds. The molecule has 5 rings (SSSR count). The Hall–Kier alpha value is -4.18. The number of hydrogen-bond donors (Lipinski definition) is 2. The highest BCUT2D eigenvalue weighted by molar-refractivity contribution is 5.86. The van der Waals surface area contributed by atoms with Gasteiger partial charge in [-0.3, -0.25) is 9.69 Å². The quantitative estimate of drug-likeness (QED) is 0.338. The molecule has 1 aliphatic rings. The fourth-order valence-electron chi connectivity index (χ4n) is 5.00. The maximum Gasteiger partial charge on any atom is 0.360 e. The first-order valence-electron chi connectivity index (χ1n) is 12.3. The van der Waals surface area contributed by atoms with Crippen molar-refractivity contribution in [2.45, 2.75) is 31.5 Å². The summed E-state index contributed by atoms with van der Waals surface area (Å²) < 4.78 is 11.9. The van der Waals surface area contributed by atoms with Crippen molar-refractivity contribution in [3.63, 3.8) is 0 Å². The van der Waals surface area contributed by atoms with Gasteiger partial charge in [0.1, 0.15) is 5.75 Å². The van der Waals surface area contributed by atoms with E-state index in [4.69, 9.17) is 9.47 Å². The zero-order chi connectivity index (χ0) is 25.8. The lowest BCUT2D eigenvalue weighted by atomic mass is 10.1. The van der Waals surface area contributed by atoms with Crippen LogP contribution in [0.4, 0.5) is 0 Å². The Morgan fingerprint density at radius 2 is 1.92 bits per heavy atom. The van der Waals surface area contributed by atoms with Gasteiger partial charge >= 0.3 is 5.97 Å². The molecule has 192 valence electrons. The summed E-state index contributed by atoms with van der Waals surface area (Å²) in [6, 6.07) is 15.5. The van der Waals surface area contributed by atoms with Crippen molar-refractivity contribution in [1.29, 1.82) is 0 Å². The van der Waals surface area contributed by atoms with Gasteiger partial charge in [-0.2, -0.15) is 0 Å². The number of carbonyl (C=O) groups excluding carboxylic acids is 2. The fourth-order valence-corrected chi connectivity index (χ4v) is 5.00. The molecule has 0 bridgehead atoms. The number of rotatable bonds is 9. The molecule has 3 heterocycles. The molecular weight excluding hydrogens is 472 g/mol. The highest BCUT2D eigenvalue weighted by atomic mass is 16.5. The Morgan fingerprint density at radius 1 is 1.11 bits per heavy atom. The van der Waals surface area contributed by atoms with Crippen molar-refractivity contribution >= 4 is 22.8 Å². The first kappa shape index (κ1) is 24.5. The van der Waals surface area contributed by atoms with E-state index in [1.165, 1.54) is 18.1 Å². The molecule has 1 saturated heterocycles. The van der Waals surface area contributed by atoms with Gasteiger partial charge in [0.25, 0.3) is 0 Å². The number of esters is 1. The van der Waals surface area contributed by atoms with Crippen molar-refractivity contribution in [2.75, 3.05) is 27.3 Å². The number of nitrogens with one attached hydrogen (secondary N) is 2. The Balaban J connectivity index is 1.30. The highest BCUT2D eigenvalue weighted by Crippen LogP contribution is 2.31. The molecule has 2 atom stereocenters. The number of para-hydroxylation sites is 2. The number of fused-ring (bicyclic) bond motifs is 1.